The van der Waals surface area contributed by atoms with Crippen molar-refractivity contribution in [1.29, 1.82) is 0 Å². The number of piperazine rings is 1. The second-order valence-electron chi connectivity index (χ2n) is 5.32. The van der Waals surface area contributed by atoms with E-state index < -0.39 is 0 Å². The average molecular weight is 316 g/mol. The predicted octanol–water partition coefficient (Wildman–Crippen LogP) is 2.88. The molecule has 1 amide bonds. The summed E-state index contributed by atoms with van der Waals surface area (Å²) >= 11 is 6.26. The molecule has 0 aliphatic carbocycles. The minimum absolute atomic E-state index is 0.0763. The molecule has 4 nitrogen and oxygen atoms in total. The largest absolute Gasteiger partial charge is 0.397 e. The van der Waals surface area contributed by atoms with Crippen LogP contribution in [0.3, 0.4) is 0 Å². The molecule has 0 aromatic heterocycles. The zero-order valence-electron chi connectivity index (χ0n) is 12.2. The smallest absolute Gasteiger partial charge is 0.253 e. The summed E-state index contributed by atoms with van der Waals surface area (Å²) in [6.45, 7) is 2.79. The van der Waals surface area contributed by atoms with Crippen molar-refractivity contribution >= 4 is 28.9 Å². The summed E-state index contributed by atoms with van der Waals surface area (Å²) < 4.78 is 0. The third kappa shape index (κ3) is 2.88. The summed E-state index contributed by atoms with van der Waals surface area (Å²) in [5.74, 6) is 0.0763. The number of amides is 1. The van der Waals surface area contributed by atoms with Crippen LogP contribution >= 0.6 is 11.6 Å². The molecule has 1 saturated heterocycles. The molecule has 1 aliphatic rings. The molecule has 2 aromatic carbocycles. The molecule has 5 heteroatoms. The fourth-order valence-electron chi connectivity index (χ4n) is 2.76. The maximum atomic E-state index is 12.4. The quantitative estimate of drug-likeness (QED) is 0.867. The van der Waals surface area contributed by atoms with E-state index in [-0.39, 0.29) is 5.91 Å². The molecule has 0 spiro atoms. The number of hydrogen-bond donors (Lipinski definition) is 1. The summed E-state index contributed by atoms with van der Waals surface area (Å²) in [7, 11) is 0. The van der Waals surface area contributed by atoms with Gasteiger partial charge in [-0.15, -0.1) is 0 Å². The van der Waals surface area contributed by atoms with Gasteiger partial charge in [0.05, 0.1) is 16.4 Å². The molecule has 114 valence electrons. The molecule has 0 radical (unpaired) electrons. The van der Waals surface area contributed by atoms with Crippen LogP contribution in [0.4, 0.5) is 11.4 Å². The number of halogens is 1. The van der Waals surface area contributed by atoms with E-state index in [9.17, 15) is 4.79 Å². The van der Waals surface area contributed by atoms with E-state index in [1.54, 1.807) is 0 Å². The molecule has 0 unspecified atom stereocenters. The van der Waals surface area contributed by atoms with Crippen molar-refractivity contribution in [2.24, 2.45) is 0 Å². The number of nitrogens with zero attached hydrogens (tertiary/aromatic N) is 2. The Morgan fingerprint density at radius 3 is 2.27 bits per heavy atom. The van der Waals surface area contributed by atoms with Gasteiger partial charge in [-0.3, -0.25) is 4.79 Å². The topological polar surface area (TPSA) is 49.6 Å². The zero-order chi connectivity index (χ0) is 15.5. The van der Waals surface area contributed by atoms with Crippen molar-refractivity contribution in [3.05, 3.63) is 59.1 Å². The van der Waals surface area contributed by atoms with E-state index in [0.29, 0.717) is 23.8 Å². The highest BCUT2D eigenvalue weighted by Gasteiger charge is 2.24. The minimum Gasteiger partial charge on any atom is -0.397 e. The second-order valence-corrected chi connectivity index (χ2v) is 5.73. The second kappa shape index (κ2) is 6.28. The van der Waals surface area contributed by atoms with Crippen LogP contribution in [0.25, 0.3) is 0 Å². The number of benzene rings is 2. The first-order chi connectivity index (χ1) is 10.7. The molecule has 3 rings (SSSR count). The Bertz CT molecular complexity index is 647. The van der Waals surface area contributed by atoms with Crippen molar-refractivity contribution in [1.82, 2.24) is 4.90 Å². The van der Waals surface area contributed by atoms with Crippen LogP contribution in [0.1, 0.15) is 10.4 Å². The van der Waals surface area contributed by atoms with Crippen molar-refractivity contribution in [3.8, 4) is 0 Å². The van der Waals surface area contributed by atoms with Crippen molar-refractivity contribution < 1.29 is 4.79 Å². The van der Waals surface area contributed by atoms with E-state index in [0.717, 1.165) is 24.3 Å². The van der Waals surface area contributed by atoms with Crippen LogP contribution in [-0.4, -0.2) is 37.0 Å². The Labute approximate surface area is 135 Å². The van der Waals surface area contributed by atoms with Gasteiger partial charge in [0.15, 0.2) is 0 Å². The first-order valence-corrected chi connectivity index (χ1v) is 7.68. The maximum Gasteiger partial charge on any atom is 0.253 e. The van der Waals surface area contributed by atoms with Crippen LogP contribution in [0.2, 0.25) is 5.02 Å². The molecular formula is C17H18ClN3O. The number of anilines is 2. The van der Waals surface area contributed by atoms with Gasteiger partial charge in [-0.05, 0) is 24.3 Å². The molecular weight excluding hydrogens is 298 g/mol. The monoisotopic (exact) mass is 315 g/mol. The van der Waals surface area contributed by atoms with Crippen molar-refractivity contribution in [2.45, 2.75) is 0 Å². The van der Waals surface area contributed by atoms with Gasteiger partial charge in [0.1, 0.15) is 0 Å². The fourth-order valence-corrected chi connectivity index (χ4v) is 3.06. The first kappa shape index (κ1) is 14.7. The minimum atomic E-state index is 0.0763. The highest BCUT2D eigenvalue weighted by molar-refractivity contribution is 6.34. The maximum absolute atomic E-state index is 12.4. The van der Waals surface area contributed by atoms with Gasteiger partial charge in [-0.1, -0.05) is 35.9 Å². The number of hydrogen-bond acceptors (Lipinski definition) is 3. The van der Waals surface area contributed by atoms with Crippen LogP contribution in [0.15, 0.2) is 48.5 Å². The lowest BCUT2D eigenvalue weighted by Crippen LogP contribution is -2.49. The Kier molecular flexibility index (Phi) is 4.20. The highest BCUT2D eigenvalue weighted by Crippen LogP contribution is 2.32. The number of carbonyl (C=O) groups is 1. The molecule has 2 N–H and O–H groups in total. The highest BCUT2D eigenvalue weighted by atomic mass is 35.5. The van der Waals surface area contributed by atoms with Gasteiger partial charge in [0.2, 0.25) is 0 Å². The Morgan fingerprint density at radius 2 is 1.64 bits per heavy atom. The lowest BCUT2D eigenvalue weighted by atomic mass is 10.1. The average Bonchev–Trinajstić information content (AvgIpc) is 2.55. The standard InChI is InChI=1S/C17H18ClN3O/c18-14-7-4-8-15(19)16(14)20-9-11-21(12-10-20)17(22)13-5-2-1-3-6-13/h1-8H,9-12,19H2. The van der Waals surface area contributed by atoms with Crippen LogP contribution in [-0.2, 0) is 0 Å². The Hall–Kier alpha value is -2.20. The number of rotatable bonds is 2. The molecule has 2 aromatic rings. The van der Waals surface area contributed by atoms with Gasteiger partial charge in [-0.2, -0.15) is 0 Å². The fraction of sp³-hybridized carbons (Fsp3) is 0.235. The van der Waals surface area contributed by atoms with Gasteiger partial charge in [0.25, 0.3) is 5.91 Å². The normalized spacial score (nSPS) is 15.0. The summed E-state index contributed by atoms with van der Waals surface area (Å²) in [6, 6.07) is 14.9. The van der Waals surface area contributed by atoms with E-state index >= 15 is 0 Å². The Morgan fingerprint density at radius 1 is 0.955 bits per heavy atom. The molecule has 1 heterocycles. The number of nitrogen functional groups attached to an aromatic ring is 1. The van der Waals surface area contributed by atoms with Gasteiger partial charge in [-0.25, -0.2) is 0 Å². The first-order valence-electron chi connectivity index (χ1n) is 7.30. The number of carbonyl (C=O) groups excluding carboxylic acids is 1. The molecule has 0 atom stereocenters. The van der Waals surface area contributed by atoms with Crippen LogP contribution < -0.4 is 10.6 Å². The van der Waals surface area contributed by atoms with Gasteiger partial charge >= 0.3 is 0 Å². The lowest BCUT2D eigenvalue weighted by Gasteiger charge is -2.37. The third-order valence-corrected chi connectivity index (χ3v) is 4.23. The number of nitrogens with two attached hydrogens (primary N) is 1. The lowest BCUT2D eigenvalue weighted by molar-refractivity contribution is 0.0747. The van der Waals surface area contributed by atoms with E-state index in [1.165, 1.54) is 0 Å². The van der Waals surface area contributed by atoms with Crippen LogP contribution in [0, 0.1) is 0 Å². The summed E-state index contributed by atoms with van der Waals surface area (Å²) in [5, 5.41) is 0.655. The zero-order valence-corrected chi connectivity index (χ0v) is 13.0. The SMILES string of the molecule is Nc1cccc(Cl)c1N1CCN(C(=O)c2ccccc2)CC1. The van der Waals surface area contributed by atoms with Gasteiger partial charge < -0.3 is 15.5 Å². The number of para-hydroxylation sites is 1. The summed E-state index contributed by atoms with van der Waals surface area (Å²) in [4.78, 5) is 16.5. The van der Waals surface area contributed by atoms with Gasteiger partial charge in [0, 0.05) is 31.7 Å². The van der Waals surface area contributed by atoms with E-state index in [1.807, 2.05) is 53.4 Å². The molecule has 0 saturated carbocycles. The van der Waals surface area contributed by atoms with Crippen LogP contribution in [0.5, 0.6) is 0 Å². The third-order valence-electron chi connectivity index (χ3n) is 3.92. The van der Waals surface area contributed by atoms with Crippen molar-refractivity contribution in [3.63, 3.8) is 0 Å². The molecule has 1 aliphatic heterocycles. The summed E-state index contributed by atoms with van der Waals surface area (Å²) in [6.07, 6.45) is 0. The van der Waals surface area contributed by atoms with Crippen molar-refractivity contribution in [2.75, 3.05) is 36.8 Å². The van der Waals surface area contributed by atoms with E-state index in [2.05, 4.69) is 4.90 Å². The molecule has 1 fully saturated rings. The summed E-state index contributed by atoms with van der Waals surface area (Å²) in [5.41, 5.74) is 8.31. The Balaban J connectivity index is 1.69. The molecule has 22 heavy (non-hydrogen) atoms. The molecule has 0 bridgehead atoms. The van der Waals surface area contributed by atoms with E-state index in [4.69, 9.17) is 17.3 Å². The predicted molar refractivity (Wildman–Crippen MR) is 90.4 cm³/mol.